The third-order valence-electron chi connectivity index (χ3n) is 3.82. The van der Waals surface area contributed by atoms with Crippen molar-refractivity contribution in [2.75, 3.05) is 26.7 Å². The van der Waals surface area contributed by atoms with Gasteiger partial charge in [0.2, 0.25) is 0 Å². The Morgan fingerprint density at radius 3 is 2.72 bits per heavy atom. The molecule has 1 aliphatic carbocycles. The highest BCUT2D eigenvalue weighted by atomic mass is 15.1. The maximum Gasteiger partial charge on any atom is 0.0270 e. The van der Waals surface area contributed by atoms with Crippen molar-refractivity contribution in [3.8, 4) is 0 Å². The Balaban J connectivity index is 1.56. The largest absolute Gasteiger partial charge is 0.313 e. The van der Waals surface area contributed by atoms with Crippen LogP contribution in [0.4, 0.5) is 0 Å². The molecule has 1 aromatic rings. The Kier molecular flexibility index (Phi) is 5.14. The van der Waals surface area contributed by atoms with Gasteiger partial charge in [0.25, 0.3) is 0 Å². The number of hydrogen-bond acceptors (Lipinski definition) is 3. The fourth-order valence-electron chi connectivity index (χ4n) is 2.23. The van der Waals surface area contributed by atoms with E-state index in [2.05, 4.69) is 41.3 Å². The number of pyridine rings is 1. The average Bonchev–Trinajstić information content (AvgIpc) is 3.22. The highest BCUT2D eigenvalue weighted by Crippen LogP contribution is 2.32. The van der Waals surface area contributed by atoms with Crippen molar-refractivity contribution in [2.24, 2.45) is 5.92 Å². The Hall–Kier alpha value is -0.930. The van der Waals surface area contributed by atoms with E-state index in [-0.39, 0.29) is 0 Å². The minimum atomic E-state index is 0.707. The van der Waals surface area contributed by atoms with Gasteiger partial charge in [-0.05, 0) is 56.8 Å². The van der Waals surface area contributed by atoms with Gasteiger partial charge in [-0.25, -0.2) is 0 Å². The first-order valence-electron chi connectivity index (χ1n) is 7.06. The molecule has 3 nitrogen and oxygen atoms in total. The average molecular weight is 247 g/mol. The van der Waals surface area contributed by atoms with Crippen molar-refractivity contribution >= 4 is 0 Å². The minimum Gasteiger partial charge on any atom is -0.313 e. The fourth-order valence-corrected chi connectivity index (χ4v) is 2.23. The quantitative estimate of drug-likeness (QED) is 0.761. The van der Waals surface area contributed by atoms with Crippen LogP contribution in [0.5, 0.6) is 0 Å². The van der Waals surface area contributed by atoms with Crippen LogP contribution in [-0.4, -0.2) is 42.6 Å². The monoisotopic (exact) mass is 247 g/mol. The zero-order valence-corrected chi connectivity index (χ0v) is 11.6. The summed E-state index contributed by atoms with van der Waals surface area (Å²) < 4.78 is 0. The van der Waals surface area contributed by atoms with Crippen LogP contribution >= 0.6 is 0 Å². The highest BCUT2D eigenvalue weighted by molar-refractivity contribution is 5.09. The van der Waals surface area contributed by atoms with Gasteiger partial charge in [-0.3, -0.25) is 4.98 Å². The van der Waals surface area contributed by atoms with E-state index in [1.807, 2.05) is 12.4 Å². The molecule has 1 aromatic heterocycles. The molecule has 0 saturated heterocycles. The molecule has 0 spiro atoms. The molecule has 1 aliphatic rings. The van der Waals surface area contributed by atoms with Crippen molar-refractivity contribution < 1.29 is 0 Å². The standard InChI is InChI=1S/C15H25N3/c1-13(15-3-4-15)17-10-12-18(2)11-7-14-5-8-16-9-6-14/h5-6,8-9,13,15,17H,3-4,7,10-12H2,1-2H3. The summed E-state index contributed by atoms with van der Waals surface area (Å²) in [6.07, 6.45) is 7.69. The van der Waals surface area contributed by atoms with E-state index in [9.17, 15) is 0 Å². The van der Waals surface area contributed by atoms with Gasteiger partial charge in [0.1, 0.15) is 0 Å². The Morgan fingerprint density at radius 1 is 1.33 bits per heavy atom. The van der Waals surface area contributed by atoms with Gasteiger partial charge in [0, 0.05) is 38.1 Å². The molecule has 100 valence electrons. The summed E-state index contributed by atoms with van der Waals surface area (Å²) in [6, 6.07) is 4.90. The van der Waals surface area contributed by atoms with Gasteiger partial charge in [0.05, 0.1) is 0 Å². The number of hydrogen-bond donors (Lipinski definition) is 1. The molecule has 3 heteroatoms. The first kappa shape index (κ1) is 13.5. The zero-order chi connectivity index (χ0) is 12.8. The number of likely N-dealkylation sites (N-methyl/N-ethyl adjacent to an activating group) is 1. The van der Waals surface area contributed by atoms with Crippen molar-refractivity contribution in [1.82, 2.24) is 15.2 Å². The SMILES string of the molecule is CC(NCCN(C)CCc1ccncc1)C1CC1. The second-order valence-electron chi connectivity index (χ2n) is 5.49. The van der Waals surface area contributed by atoms with E-state index < -0.39 is 0 Å². The fraction of sp³-hybridized carbons (Fsp3) is 0.667. The first-order valence-corrected chi connectivity index (χ1v) is 7.06. The second-order valence-corrected chi connectivity index (χ2v) is 5.49. The van der Waals surface area contributed by atoms with E-state index >= 15 is 0 Å². The van der Waals surface area contributed by atoms with Crippen LogP contribution in [0.25, 0.3) is 0 Å². The molecule has 1 heterocycles. The van der Waals surface area contributed by atoms with Crippen molar-refractivity contribution in [1.29, 1.82) is 0 Å². The highest BCUT2D eigenvalue weighted by Gasteiger charge is 2.27. The molecule has 0 radical (unpaired) electrons. The van der Waals surface area contributed by atoms with Crippen LogP contribution in [0, 0.1) is 5.92 Å². The molecular formula is C15H25N3. The summed E-state index contributed by atoms with van der Waals surface area (Å²) in [5.41, 5.74) is 1.37. The molecular weight excluding hydrogens is 222 g/mol. The van der Waals surface area contributed by atoms with Gasteiger partial charge in [-0.1, -0.05) is 0 Å². The van der Waals surface area contributed by atoms with Crippen LogP contribution < -0.4 is 5.32 Å². The summed E-state index contributed by atoms with van der Waals surface area (Å²) in [6.45, 7) is 5.66. The summed E-state index contributed by atoms with van der Waals surface area (Å²) >= 11 is 0. The minimum absolute atomic E-state index is 0.707. The number of aromatic nitrogens is 1. The number of rotatable bonds is 8. The number of nitrogens with zero attached hydrogens (tertiary/aromatic N) is 2. The topological polar surface area (TPSA) is 28.2 Å². The zero-order valence-electron chi connectivity index (χ0n) is 11.6. The Bertz CT molecular complexity index is 335. The van der Waals surface area contributed by atoms with E-state index in [1.165, 1.54) is 18.4 Å². The van der Waals surface area contributed by atoms with Gasteiger partial charge in [-0.2, -0.15) is 0 Å². The molecule has 0 bridgehead atoms. The van der Waals surface area contributed by atoms with Crippen molar-refractivity contribution in [3.05, 3.63) is 30.1 Å². The predicted molar refractivity (Wildman–Crippen MR) is 75.6 cm³/mol. The summed E-state index contributed by atoms with van der Waals surface area (Å²) in [5, 5.41) is 3.62. The Labute approximate surface area is 111 Å². The van der Waals surface area contributed by atoms with E-state index in [4.69, 9.17) is 0 Å². The van der Waals surface area contributed by atoms with Gasteiger partial charge >= 0.3 is 0 Å². The van der Waals surface area contributed by atoms with E-state index in [1.54, 1.807) is 0 Å². The maximum absolute atomic E-state index is 4.04. The lowest BCUT2D eigenvalue weighted by Gasteiger charge is -2.19. The summed E-state index contributed by atoms with van der Waals surface area (Å²) in [7, 11) is 2.20. The van der Waals surface area contributed by atoms with E-state index in [0.29, 0.717) is 6.04 Å². The summed E-state index contributed by atoms with van der Waals surface area (Å²) in [5.74, 6) is 0.951. The lowest BCUT2D eigenvalue weighted by atomic mass is 10.2. The molecule has 18 heavy (non-hydrogen) atoms. The van der Waals surface area contributed by atoms with Crippen LogP contribution in [0.1, 0.15) is 25.3 Å². The van der Waals surface area contributed by atoms with Crippen molar-refractivity contribution in [3.63, 3.8) is 0 Å². The molecule has 1 fully saturated rings. The third kappa shape index (κ3) is 4.75. The second kappa shape index (κ2) is 6.86. The van der Waals surface area contributed by atoms with Gasteiger partial charge < -0.3 is 10.2 Å². The first-order chi connectivity index (χ1) is 8.75. The van der Waals surface area contributed by atoms with E-state index in [0.717, 1.165) is 32.0 Å². The molecule has 1 N–H and O–H groups in total. The van der Waals surface area contributed by atoms with Gasteiger partial charge in [-0.15, -0.1) is 0 Å². The molecule has 0 aliphatic heterocycles. The molecule has 1 saturated carbocycles. The van der Waals surface area contributed by atoms with Crippen LogP contribution in [0.2, 0.25) is 0 Å². The smallest absolute Gasteiger partial charge is 0.0270 e. The predicted octanol–water partition coefficient (Wildman–Crippen LogP) is 1.94. The molecule has 0 aromatic carbocycles. The van der Waals surface area contributed by atoms with Crippen molar-refractivity contribution in [2.45, 2.75) is 32.2 Å². The molecule has 1 unspecified atom stereocenters. The lowest BCUT2D eigenvalue weighted by molar-refractivity contribution is 0.325. The maximum atomic E-state index is 4.04. The van der Waals surface area contributed by atoms with Gasteiger partial charge in [0.15, 0.2) is 0 Å². The lowest BCUT2D eigenvalue weighted by Crippen LogP contribution is -2.36. The van der Waals surface area contributed by atoms with Crippen LogP contribution in [0.3, 0.4) is 0 Å². The summed E-state index contributed by atoms with van der Waals surface area (Å²) in [4.78, 5) is 6.44. The Morgan fingerprint density at radius 2 is 2.06 bits per heavy atom. The van der Waals surface area contributed by atoms with Crippen LogP contribution in [-0.2, 0) is 6.42 Å². The normalized spacial score (nSPS) is 17.1. The number of nitrogens with one attached hydrogen (secondary N) is 1. The molecule has 1 atom stereocenters. The molecule has 0 amide bonds. The molecule has 2 rings (SSSR count). The van der Waals surface area contributed by atoms with Crippen LogP contribution in [0.15, 0.2) is 24.5 Å². The third-order valence-corrected chi connectivity index (χ3v) is 3.82.